The maximum atomic E-state index is 13.2. The lowest BCUT2D eigenvalue weighted by Gasteiger charge is -2.40. The van der Waals surface area contributed by atoms with Gasteiger partial charge < -0.3 is 15.4 Å². The molecule has 2 unspecified atom stereocenters. The van der Waals surface area contributed by atoms with Gasteiger partial charge in [0.15, 0.2) is 0 Å². The van der Waals surface area contributed by atoms with Crippen LogP contribution in [0.1, 0.15) is 78.7 Å². The standard InChI is InChI=1S/C28H39N3O3/c1-7-17(2)24-18(3)26(32)29-16-23-25(24)22(14-15-31(23)27(33)34-28(4,5)6)30-21-12-10-20(11-13-21)19-8-9-19/h10-13,18-19,23,30H,7-9,14-16H2,1-6H3,(H,29,32). The fourth-order valence-electron chi connectivity index (χ4n) is 5.04. The molecular formula is C28H39N3O3. The first-order valence-electron chi connectivity index (χ1n) is 12.7. The van der Waals surface area contributed by atoms with Gasteiger partial charge in [-0.3, -0.25) is 9.69 Å². The second kappa shape index (κ2) is 9.47. The highest BCUT2D eigenvalue weighted by Crippen LogP contribution is 2.41. The van der Waals surface area contributed by atoms with Gasteiger partial charge in [-0.15, -0.1) is 0 Å². The molecule has 1 aromatic carbocycles. The Hall–Kier alpha value is -2.76. The van der Waals surface area contributed by atoms with Gasteiger partial charge in [-0.2, -0.15) is 0 Å². The minimum absolute atomic E-state index is 0.00183. The third-order valence-electron chi connectivity index (χ3n) is 7.10. The summed E-state index contributed by atoms with van der Waals surface area (Å²) in [6.45, 7) is 12.7. The van der Waals surface area contributed by atoms with E-state index >= 15 is 0 Å². The van der Waals surface area contributed by atoms with E-state index in [1.165, 1.54) is 24.0 Å². The molecule has 6 nitrogen and oxygen atoms in total. The number of hydrogen-bond acceptors (Lipinski definition) is 4. The Kier molecular flexibility index (Phi) is 6.79. The molecule has 0 aromatic heterocycles. The Balaban J connectivity index is 1.76. The van der Waals surface area contributed by atoms with Crippen LogP contribution in [0.2, 0.25) is 0 Å². The number of nitrogens with zero attached hydrogens (tertiary/aromatic N) is 1. The number of carbonyl (C=O) groups excluding carboxylic acids is 2. The van der Waals surface area contributed by atoms with E-state index in [0.717, 1.165) is 34.9 Å². The van der Waals surface area contributed by atoms with Gasteiger partial charge in [0.1, 0.15) is 5.60 Å². The first kappa shape index (κ1) is 24.4. The second-order valence-corrected chi connectivity index (χ2v) is 10.9. The number of allylic oxidation sites excluding steroid dienone is 1. The molecule has 2 N–H and O–H groups in total. The van der Waals surface area contributed by atoms with Gasteiger partial charge in [0.05, 0.1) is 12.0 Å². The maximum Gasteiger partial charge on any atom is 0.410 e. The molecule has 1 saturated carbocycles. The third kappa shape index (κ3) is 5.16. The number of ether oxygens (including phenoxy) is 1. The molecule has 0 spiro atoms. The summed E-state index contributed by atoms with van der Waals surface area (Å²) in [4.78, 5) is 27.9. The van der Waals surface area contributed by atoms with Crippen molar-refractivity contribution in [3.8, 4) is 0 Å². The van der Waals surface area contributed by atoms with E-state index in [4.69, 9.17) is 4.74 Å². The van der Waals surface area contributed by atoms with Crippen LogP contribution < -0.4 is 10.6 Å². The molecule has 1 aromatic rings. The molecule has 34 heavy (non-hydrogen) atoms. The fourth-order valence-corrected chi connectivity index (χ4v) is 5.04. The van der Waals surface area contributed by atoms with Gasteiger partial charge in [0.2, 0.25) is 5.91 Å². The van der Waals surface area contributed by atoms with Gasteiger partial charge in [-0.1, -0.05) is 24.6 Å². The number of hydrogen-bond donors (Lipinski definition) is 2. The molecule has 2 atom stereocenters. The molecule has 0 radical (unpaired) electrons. The zero-order chi connectivity index (χ0) is 24.6. The van der Waals surface area contributed by atoms with Gasteiger partial charge >= 0.3 is 6.09 Å². The summed E-state index contributed by atoms with van der Waals surface area (Å²) in [5.74, 6) is 0.439. The van der Waals surface area contributed by atoms with E-state index in [1.54, 1.807) is 4.90 Å². The number of amides is 2. The average molecular weight is 466 g/mol. The van der Waals surface area contributed by atoms with Crippen LogP contribution in [0.4, 0.5) is 10.5 Å². The molecule has 1 aliphatic carbocycles. The van der Waals surface area contributed by atoms with Gasteiger partial charge in [-0.05, 0) is 88.6 Å². The van der Waals surface area contributed by atoms with Crippen molar-refractivity contribution in [1.29, 1.82) is 0 Å². The molecule has 1 saturated heterocycles. The summed E-state index contributed by atoms with van der Waals surface area (Å²) < 4.78 is 5.75. The van der Waals surface area contributed by atoms with Crippen molar-refractivity contribution in [3.63, 3.8) is 0 Å². The van der Waals surface area contributed by atoms with Crippen LogP contribution >= 0.6 is 0 Å². The van der Waals surface area contributed by atoms with Crippen LogP contribution in [0, 0.1) is 5.92 Å². The van der Waals surface area contributed by atoms with E-state index < -0.39 is 5.60 Å². The molecule has 2 aliphatic heterocycles. The maximum absolute atomic E-state index is 13.2. The summed E-state index contributed by atoms with van der Waals surface area (Å²) in [7, 11) is 0. The number of anilines is 1. The quantitative estimate of drug-likeness (QED) is 0.596. The summed E-state index contributed by atoms with van der Waals surface area (Å²) >= 11 is 0. The third-order valence-corrected chi connectivity index (χ3v) is 7.10. The highest BCUT2D eigenvalue weighted by atomic mass is 16.6. The van der Waals surface area contributed by atoms with Crippen LogP contribution in [0.3, 0.4) is 0 Å². The van der Waals surface area contributed by atoms with Crippen molar-refractivity contribution in [2.24, 2.45) is 5.92 Å². The molecular weight excluding hydrogens is 426 g/mol. The normalized spacial score (nSPS) is 24.8. The Morgan fingerprint density at radius 2 is 1.88 bits per heavy atom. The van der Waals surface area contributed by atoms with E-state index in [9.17, 15) is 9.59 Å². The number of benzene rings is 1. The van der Waals surface area contributed by atoms with Gasteiger partial charge in [0.25, 0.3) is 0 Å². The first-order valence-corrected chi connectivity index (χ1v) is 12.7. The lowest BCUT2D eigenvalue weighted by atomic mass is 9.82. The molecule has 0 bridgehead atoms. The smallest absolute Gasteiger partial charge is 0.410 e. The summed E-state index contributed by atoms with van der Waals surface area (Å²) in [6.07, 6.45) is 3.76. The molecule has 2 amide bonds. The highest BCUT2D eigenvalue weighted by Gasteiger charge is 2.41. The van der Waals surface area contributed by atoms with Crippen LogP contribution in [-0.2, 0) is 9.53 Å². The second-order valence-electron chi connectivity index (χ2n) is 10.9. The minimum Gasteiger partial charge on any atom is -0.444 e. The minimum atomic E-state index is -0.581. The van der Waals surface area contributed by atoms with E-state index in [0.29, 0.717) is 19.5 Å². The Morgan fingerprint density at radius 3 is 2.47 bits per heavy atom. The molecule has 2 heterocycles. The topological polar surface area (TPSA) is 70.7 Å². The number of rotatable bonds is 4. The van der Waals surface area contributed by atoms with E-state index in [-0.39, 0.29) is 24.0 Å². The number of fused-ring (bicyclic) bond motifs is 1. The van der Waals surface area contributed by atoms with Crippen LogP contribution in [-0.4, -0.2) is 41.6 Å². The Bertz CT molecular complexity index is 1010. The lowest BCUT2D eigenvalue weighted by Crippen LogP contribution is -2.51. The molecule has 3 aliphatic rings. The summed E-state index contributed by atoms with van der Waals surface area (Å²) in [5.41, 5.74) is 6.25. The monoisotopic (exact) mass is 465 g/mol. The van der Waals surface area contributed by atoms with Gasteiger partial charge in [-0.25, -0.2) is 4.79 Å². The van der Waals surface area contributed by atoms with Crippen molar-refractivity contribution in [3.05, 3.63) is 52.2 Å². The van der Waals surface area contributed by atoms with Crippen molar-refractivity contribution >= 4 is 17.7 Å². The summed E-state index contributed by atoms with van der Waals surface area (Å²) in [5, 5.41) is 6.75. The van der Waals surface area contributed by atoms with Crippen LogP contribution in [0.5, 0.6) is 0 Å². The van der Waals surface area contributed by atoms with Crippen molar-refractivity contribution in [2.45, 2.75) is 84.8 Å². The molecule has 184 valence electrons. The van der Waals surface area contributed by atoms with Crippen molar-refractivity contribution in [1.82, 2.24) is 10.2 Å². The summed E-state index contributed by atoms with van der Waals surface area (Å²) in [6, 6.07) is 8.45. The average Bonchev–Trinajstić information content (AvgIpc) is 3.63. The predicted octanol–water partition coefficient (Wildman–Crippen LogP) is 5.73. The number of carbonyl (C=O) groups is 2. The zero-order valence-corrected chi connectivity index (χ0v) is 21.5. The molecule has 2 fully saturated rings. The molecule has 6 heteroatoms. The fraction of sp³-hybridized carbons (Fsp3) is 0.571. The van der Waals surface area contributed by atoms with E-state index in [2.05, 4.69) is 48.7 Å². The number of nitrogens with one attached hydrogen (secondary N) is 2. The van der Waals surface area contributed by atoms with E-state index in [1.807, 2.05) is 27.7 Å². The lowest BCUT2D eigenvalue weighted by molar-refractivity contribution is -0.123. The largest absolute Gasteiger partial charge is 0.444 e. The predicted molar refractivity (Wildman–Crippen MR) is 136 cm³/mol. The van der Waals surface area contributed by atoms with Crippen LogP contribution in [0.25, 0.3) is 0 Å². The van der Waals surface area contributed by atoms with Gasteiger partial charge in [0, 0.05) is 30.9 Å². The van der Waals surface area contributed by atoms with Crippen molar-refractivity contribution < 1.29 is 14.3 Å². The molecule has 4 rings (SSSR count). The Labute approximate surface area is 203 Å². The highest BCUT2D eigenvalue weighted by molar-refractivity contribution is 5.85. The Morgan fingerprint density at radius 1 is 1.21 bits per heavy atom. The SMILES string of the molecule is CCC(C)=C1C2=C(Nc3ccc(C4CC4)cc3)CCN(C(=O)OC(C)(C)C)C2CNC(=O)C1C. The first-order chi connectivity index (χ1) is 16.1. The van der Waals surface area contributed by atoms with Crippen LogP contribution in [0.15, 0.2) is 46.7 Å². The zero-order valence-electron chi connectivity index (χ0n) is 21.5. The van der Waals surface area contributed by atoms with Crippen molar-refractivity contribution in [2.75, 3.05) is 18.4 Å².